The van der Waals surface area contributed by atoms with Crippen LogP contribution in [0.25, 0.3) is 0 Å². The van der Waals surface area contributed by atoms with E-state index in [1.165, 1.54) is 23.9 Å². The fourth-order valence-corrected chi connectivity index (χ4v) is 3.08. The minimum atomic E-state index is -0.287. The van der Waals surface area contributed by atoms with E-state index in [1.807, 2.05) is 6.92 Å². The molecule has 0 aliphatic rings. The maximum Gasteiger partial charge on any atom is 0.253 e. The average Bonchev–Trinajstić information content (AvgIpc) is 2.65. The second-order valence-corrected chi connectivity index (χ2v) is 6.84. The minimum Gasteiger partial charge on any atom is -0.351 e. The highest BCUT2D eigenvalue weighted by Gasteiger charge is 2.17. The summed E-state index contributed by atoms with van der Waals surface area (Å²) in [6.07, 6.45) is 0. The lowest BCUT2D eigenvalue weighted by Gasteiger charge is -2.14. The van der Waals surface area contributed by atoms with Gasteiger partial charge in [0.1, 0.15) is 5.82 Å². The van der Waals surface area contributed by atoms with E-state index in [0.29, 0.717) is 30.1 Å². The molecule has 1 unspecified atom stereocenters. The molecule has 0 saturated carbocycles. The molecule has 0 saturated heterocycles. The molecular formula is C19H22FN3O2S. The molecule has 2 amide bonds. The van der Waals surface area contributed by atoms with E-state index in [1.54, 1.807) is 36.4 Å². The molecule has 0 aliphatic carbocycles. The zero-order chi connectivity index (χ0) is 18.9. The van der Waals surface area contributed by atoms with Crippen LogP contribution in [0.3, 0.4) is 0 Å². The zero-order valence-corrected chi connectivity index (χ0v) is 15.3. The smallest absolute Gasteiger partial charge is 0.253 e. The normalized spacial score (nSPS) is 11.7. The average molecular weight is 375 g/mol. The number of hydrogen-bond acceptors (Lipinski definition) is 4. The summed E-state index contributed by atoms with van der Waals surface area (Å²) in [5, 5.41) is 5.50. The van der Waals surface area contributed by atoms with E-state index < -0.39 is 0 Å². The van der Waals surface area contributed by atoms with Gasteiger partial charge < -0.3 is 16.4 Å². The van der Waals surface area contributed by atoms with Crippen LogP contribution in [-0.2, 0) is 4.79 Å². The van der Waals surface area contributed by atoms with Gasteiger partial charge in [0, 0.05) is 29.7 Å². The van der Waals surface area contributed by atoms with Gasteiger partial charge in [-0.15, -0.1) is 11.8 Å². The Labute approximate surface area is 156 Å². The number of anilines is 1. The molecule has 0 spiro atoms. The van der Waals surface area contributed by atoms with Crippen molar-refractivity contribution in [1.29, 1.82) is 0 Å². The molecule has 0 fully saturated rings. The molecule has 7 heteroatoms. The first-order chi connectivity index (χ1) is 12.5. The molecule has 26 heavy (non-hydrogen) atoms. The minimum absolute atomic E-state index is 0.182. The third-order valence-electron chi connectivity index (χ3n) is 3.62. The molecular weight excluding hydrogens is 353 g/mol. The molecule has 5 nitrogen and oxygen atoms in total. The lowest BCUT2D eigenvalue weighted by atomic mass is 10.1. The fourth-order valence-electron chi connectivity index (χ4n) is 2.15. The van der Waals surface area contributed by atoms with E-state index in [2.05, 4.69) is 10.6 Å². The van der Waals surface area contributed by atoms with Crippen molar-refractivity contribution in [3.8, 4) is 0 Å². The maximum absolute atomic E-state index is 12.9. The Balaban J connectivity index is 1.96. The van der Waals surface area contributed by atoms with Gasteiger partial charge in [-0.05, 0) is 36.4 Å². The van der Waals surface area contributed by atoms with Gasteiger partial charge in [-0.2, -0.15) is 0 Å². The van der Waals surface area contributed by atoms with Crippen LogP contribution in [0, 0.1) is 11.7 Å². The lowest BCUT2D eigenvalue weighted by molar-refractivity contribution is -0.118. The molecule has 1 atom stereocenters. The Kier molecular flexibility index (Phi) is 7.62. The third-order valence-corrected chi connectivity index (χ3v) is 4.89. The highest BCUT2D eigenvalue weighted by Crippen LogP contribution is 2.22. The first-order valence-corrected chi connectivity index (χ1v) is 9.26. The summed E-state index contributed by atoms with van der Waals surface area (Å²) in [4.78, 5) is 25.5. The number of benzene rings is 2. The van der Waals surface area contributed by atoms with Gasteiger partial charge in [-0.1, -0.05) is 19.1 Å². The first-order valence-electron chi connectivity index (χ1n) is 8.27. The Morgan fingerprint density at radius 3 is 2.54 bits per heavy atom. The number of carbonyl (C=O) groups excluding carboxylic acids is 2. The van der Waals surface area contributed by atoms with Crippen LogP contribution in [0.4, 0.5) is 10.1 Å². The van der Waals surface area contributed by atoms with Crippen molar-refractivity contribution in [2.24, 2.45) is 11.7 Å². The van der Waals surface area contributed by atoms with Gasteiger partial charge in [0.2, 0.25) is 5.91 Å². The van der Waals surface area contributed by atoms with Crippen molar-refractivity contribution in [2.75, 3.05) is 24.2 Å². The van der Waals surface area contributed by atoms with Crippen LogP contribution in [0.5, 0.6) is 0 Å². The molecule has 0 bridgehead atoms. The van der Waals surface area contributed by atoms with Crippen molar-refractivity contribution >= 4 is 29.3 Å². The number of amides is 2. The first kappa shape index (κ1) is 19.9. The summed E-state index contributed by atoms with van der Waals surface area (Å²) >= 11 is 1.48. The van der Waals surface area contributed by atoms with Gasteiger partial charge in [-0.3, -0.25) is 9.59 Å². The predicted molar refractivity (Wildman–Crippen MR) is 103 cm³/mol. The van der Waals surface area contributed by atoms with Crippen molar-refractivity contribution in [3.05, 3.63) is 59.9 Å². The Hall–Kier alpha value is -2.38. The number of hydrogen-bond donors (Lipinski definition) is 3. The number of halogens is 1. The van der Waals surface area contributed by atoms with Gasteiger partial charge in [0.05, 0.1) is 11.3 Å². The Morgan fingerprint density at radius 2 is 1.85 bits per heavy atom. The van der Waals surface area contributed by atoms with E-state index >= 15 is 0 Å². The molecule has 2 rings (SSSR count). The second kappa shape index (κ2) is 9.94. The molecule has 2 aromatic rings. The molecule has 0 radical (unpaired) electrons. The molecule has 2 aromatic carbocycles. The predicted octanol–water partition coefficient (Wildman–Crippen LogP) is 2.88. The second-order valence-electron chi connectivity index (χ2n) is 5.75. The van der Waals surface area contributed by atoms with Crippen molar-refractivity contribution in [3.63, 3.8) is 0 Å². The topological polar surface area (TPSA) is 84.2 Å². The number of nitrogens with two attached hydrogens (primary N) is 1. The monoisotopic (exact) mass is 375 g/mol. The highest BCUT2D eigenvalue weighted by atomic mass is 32.2. The summed E-state index contributed by atoms with van der Waals surface area (Å²) in [6.45, 7) is 2.52. The number of para-hydroxylation sites is 1. The molecule has 0 heterocycles. The van der Waals surface area contributed by atoms with Gasteiger partial charge >= 0.3 is 0 Å². The van der Waals surface area contributed by atoms with Crippen LogP contribution in [0.2, 0.25) is 0 Å². The van der Waals surface area contributed by atoms with Gasteiger partial charge in [0.15, 0.2) is 0 Å². The van der Waals surface area contributed by atoms with E-state index in [4.69, 9.17) is 5.73 Å². The van der Waals surface area contributed by atoms with E-state index in [9.17, 15) is 14.0 Å². The largest absolute Gasteiger partial charge is 0.351 e. The summed E-state index contributed by atoms with van der Waals surface area (Å²) in [7, 11) is 0. The highest BCUT2D eigenvalue weighted by molar-refractivity contribution is 7.99. The zero-order valence-electron chi connectivity index (χ0n) is 14.5. The molecule has 138 valence electrons. The van der Waals surface area contributed by atoms with Crippen molar-refractivity contribution < 1.29 is 14.0 Å². The number of nitrogens with one attached hydrogen (secondary N) is 2. The van der Waals surface area contributed by atoms with E-state index in [-0.39, 0.29) is 23.5 Å². The van der Waals surface area contributed by atoms with E-state index in [0.717, 1.165) is 4.90 Å². The Morgan fingerprint density at radius 1 is 1.15 bits per heavy atom. The summed E-state index contributed by atoms with van der Waals surface area (Å²) in [5.41, 5.74) is 6.25. The summed E-state index contributed by atoms with van der Waals surface area (Å²) in [5.74, 6) is -0.493. The van der Waals surface area contributed by atoms with Crippen LogP contribution in [0.1, 0.15) is 17.3 Å². The third kappa shape index (κ3) is 5.86. The van der Waals surface area contributed by atoms with Crippen LogP contribution < -0.4 is 16.4 Å². The van der Waals surface area contributed by atoms with Crippen LogP contribution in [-0.4, -0.2) is 30.7 Å². The lowest BCUT2D eigenvalue weighted by Crippen LogP contribution is -2.30. The fraction of sp³-hybridized carbons (Fsp3) is 0.263. The molecule has 4 N–H and O–H groups in total. The molecule has 0 aromatic heterocycles. The standard InChI is InChI=1S/C19H22FN3O2S/c1-13(12-26-15-8-6-14(20)7-9-15)18(24)23-17-5-3-2-4-16(17)19(25)22-11-10-21/h2-9,13H,10-12,21H2,1H3,(H,22,25)(H,23,24). The Bertz CT molecular complexity index is 753. The number of rotatable bonds is 8. The SMILES string of the molecule is CC(CSc1ccc(F)cc1)C(=O)Nc1ccccc1C(=O)NCCN. The summed E-state index contributed by atoms with van der Waals surface area (Å²) < 4.78 is 12.9. The van der Waals surface area contributed by atoms with Crippen molar-refractivity contribution in [1.82, 2.24) is 5.32 Å². The molecule has 0 aliphatic heterocycles. The van der Waals surface area contributed by atoms with Crippen LogP contribution >= 0.6 is 11.8 Å². The number of thioether (sulfide) groups is 1. The quantitative estimate of drug-likeness (QED) is 0.620. The van der Waals surface area contributed by atoms with Gasteiger partial charge in [0.25, 0.3) is 5.91 Å². The summed E-state index contributed by atoms with van der Waals surface area (Å²) in [6, 6.07) is 13.0. The van der Waals surface area contributed by atoms with Crippen LogP contribution in [0.15, 0.2) is 53.4 Å². The van der Waals surface area contributed by atoms with Crippen molar-refractivity contribution in [2.45, 2.75) is 11.8 Å². The van der Waals surface area contributed by atoms with Gasteiger partial charge in [-0.25, -0.2) is 4.39 Å². The maximum atomic E-state index is 12.9. The number of carbonyl (C=O) groups is 2.